The minimum Gasteiger partial charge on any atom is -0.377 e. The van der Waals surface area contributed by atoms with Gasteiger partial charge in [-0.15, -0.1) is 0 Å². The summed E-state index contributed by atoms with van der Waals surface area (Å²) in [6.45, 7) is 0.348. The SMILES string of the molecule is N[C@H]1COC[C@H]1OS(=O)(=O)O. The van der Waals surface area contributed by atoms with Crippen molar-refractivity contribution in [3.63, 3.8) is 0 Å². The molecule has 1 rings (SSSR count). The monoisotopic (exact) mass is 183 g/mol. The standard InChI is InChI=1S/C4H9NO5S/c5-3-1-9-2-4(3)10-11(6,7)8/h3-4H,1-2,5H2,(H,6,7,8)/t3-,4+/m0/s1. The average Bonchev–Trinajstić information content (AvgIpc) is 2.12. The van der Waals surface area contributed by atoms with E-state index in [2.05, 4.69) is 4.18 Å². The summed E-state index contributed by atoms with van der Waals surface area (Å²) in [4.78, 5) is 0. The number of hydrogen-bond acceptors (Lipinski definition) is 5. The highest BCUT2D eigenvalue weighted by Gasteiger charge is 2.29. The van der Waals surface area contributed by atoms with E-state index >= 15 is 0 Å². The molecule has 0 aromatic heterocycles. The van der Waals surface area contributed by atoms with Crippen LogP contribution in [0.15, 0.2) is 0 Å². The fraction of sp³-hybridized carbons (Fsp3) is 1.00. The Bertz CT molecular complexity index is 225. The summed E-state index contributed by atoms with van der Waals surface area (Å²) in [7, 11) is -4.40. The van der Waals surface area contributed by atoms with Crippen LogP contribution in [0.5, 0.6) is 0 Å². The van der Waals surface area contributed by atoms with E-state index in [-0.39, 0.29) is 13.2 Å². The lowest BCUT2D eigenvalue weighted by atomic mass is 10.2. The first-order valence-electron chi connectivity index (χ1n) is 2.98. The Morgan fingerprint density at radius 3 is 2.55 bits per heavy atom. The lowest BCUT2D eigenvalue weighted by Crippen LogP contribution is -2.36. The van der Waals surface area contributed by atoms with Crippen molar-refractivity contribution in [1.29, 1.82) is 0 Å². The summed E-state index contributed by atoms with van der Waals surface area (Å²) in [6.07, 6.45) is -0.759. The molecule has 0 aromatic rings. The summed E-state index contributed by atoms with van der Waals surface area (Å²) in [5.74, 6) is 0. The number of hydrogen-bond donors (Lipinski definition) is 2. The third kappa shape index (κ3) is 2.72. The van der Waals surface area contributed by atoms with Crippen molar-refractivity contribution in [2.24, 2.45) is 5.73 Å². The van der Waals surface area contributed by atoms with E-state index in [0.29, 0.717) is 0 Å². The van der Waals surface area contributed by atoms with Crippen LogP contribution in [0.4, 0.5) is 0 Å². The fourth-order valence-electron chi connectivity index (χ4n) is 0.807. The van der Waals surface area contributed by atoms with Crippen LogP contribution < -0.4 is 5.73 Å². The molecule has 7 heteroatoms. The van der Waals surface area contributed by atoms with Crippen molar-refractivity contribution >= 4 is 10.4 Å². The summed E-state index contributed by atoms with van der Waals surface area (Å²) in [5.41, 5.74) is 5.36. The number of nitrogens with two attached hydrogens (primary N) is 1. The molecule has 0 aliphatic carbocycles. The molecule has 0 radical (unpaired) electrons. The molecule has 0 bridgehead atoms. The van der Waals surface area contributed by atoms with Gasteiger partial charge in [0, 0.05) is 0 Å². The smallest absolute Gasteiger partial charge is 0.377 e. The van der Waals surface area contributed by atoms with E-state index in [0.717, 1.165) is 0 Å². The van der Waals surface area contributed by atoms with Crippen LogP contribution in [0.25, 0.3) is 0 Å². The Morgan fingerprint density at radius 2 is 2.18 bits per heavy atom. The third-order valence-corrected chi connectivity index (χ3v) is 1.81. The highest BCUT2D eigenvalue weighted by atomic mass is 32.3. The maximum absolute atomic E-state index is 10.2. The highest BCUT2D eigenvalue weighted by molar-refractivity contribution is 7.80. The maximum Gasteiger partial charge on any atom is 0.397 e. The highest BCUT2D eigenvalue weighted by Crippen LogP contribution is 2.09. The van der Waals surface area contributed by atoms with Gasteiger partial charge in [0.15, 0.2) is 0 Å². The Morgan fingerprint density at radius 1 is 1.55 bits per heavy atom. The molecule has 3 N–H and O–H groups in total. The molecule has 1 aliphatic rings. The van der Waals surface area contributed by atoms with Gasteiger partial charge in [-0.2, -0.15) is 8.42 Å². The Labute approximate surface area is 64.2 Å². The molecule has 1 aliphatic heterocycles. The van der Waals surface area contributed by atoms with Gasteiger partial charge in [-0.1, -0.05) is 0 Å². The van der Waals surface area contributed by atoms with Gasteiger partial charge in [0.1, 0.15) is 6.10 Å². The average molecular weight is 183 g/mol. The molecule has 0 aromatic carbocycles. The first kappa shape index (κ1) is 8.88. The lowest BCUT2D eigenvalue weighted by Gasteiger charge is -2.10. The lowest BCUT2D eigenvalue weighted by molar-refractivity contribution is 0.133. The first-order chi connectivity index (χ1) is 4.99. The van der Waals surface area contributed by atoms with Gasteiger partial charge in [0.05, 0.1) is 19.3 Å². The Balaban J connectivity index is 2.50. The van der Waals surface area contributed by atoms with Crippen molar-refractivity contribution in [2.45, 2.75) is 12.1 Å². The van der Waals surface area contributed by atoms with Gasteiger partial charge in [0.25, 0.3) is 0 Å². The van der Waals surface area contributed by atoms with Crippen LogP contribution >= 0.6 is 0 Å². The topological polar surface area (TPSA) is 98.9 Å². The van der Waals surface area contributed by atoms with Crippen molar-refractivity contribution < 1.29 is 21.9 Å². The molecule has 6 nitrogen and oxygen atoms in total. The predicted octanol–water partition coefficient (Wildman–Crippen LogP) is -1.47. The second kappa shape index (κ2) is 3.03. The van der Waals surface area contributed by atoms with Gasteiger partial charge in [-0.25, -0.2) is 4.18 Å². The third-order valence-electron chi connectivity index (χ3n) is 1.32. The summed E-state index contributed by atoms with van der Waals surface area (Å²) in [6, 6.07) is -0.489. The molecule has 11 heavy (non-hydrogen) atoms. The molecule has 1 fully saturated rings. The van der Waals surface area contributed by atoms with E-state index in [1.165, 1.54) is 0 Å². The molecule has 0 unspecified atom stereocenters. The second-order valence-electron chi connectivity index (χ2n) is 2.26. The zero-order valence-corrected chi connectivity index (χ0v) is 6.45. The zero-order valence-electron chi connectivity index (χ0n) is 5.63. The molecular formula is C4H9NO5S. The maximum atomic E-state index is 10.2. The first-order valence-corrected chi connectivity index (χ1v) is 4.34. The van der Waals surface area contributed by atoms with Crippen LogP contribution in [0.3, 0.4) is 0 Å². The van der Waals surface area contributed by atoms with E-state index < -0.39 is 22.5 Å². The molecule has 0 saturated carbocycles. The minimum absolute atomic E-state index is 0.0982. The van der Waals surface area contributed by atoms with E-state index in [9.17, 15) is 8.42 Å². The van der Waals surface area contributed by atoms with Crippen LogP contribution in [0.1, 0.15) is 0 Å². The second-order valence-corrected chi connectivity index (χ2v) is 3.31. The fourth-order valence-corrected chi connectivity index (χ4v) is 1.32. The number of rotatable bonds is 2. The zero-order chi connectivity index (χ0) is 8.48. The molecular weight excluding hydrogens is 174 g/mol. The minimum atomic E-state index is -4.40. The quantitative estimate of drug-likeness (QED) is 0.507. The van der Waals surface area contributed by atoms with E-state index in [1.807, 2.05) is 0 Å². The Kier molecular flexibility index (Phi) is 2.45. The molecule has 0 spiro atoms. The molecule has 1 saturated heterocycles. The van der Waals surface area contributed by atoms with Gasteiger partial charge >= 0.3 is 10.4 Å². The van der Waals surface area contributed by atoms with Crippen LogP contribution in [0.2, 0.25) is 0 Å². The van der Waals surface area contributed by atoms with Crippen molar-refractivity contribution in [1.82, 2.24) is 0 Å². The van der Waals surface area contributed by atoms with Crippen LogP contribution in [-0.2, 0) is 19.3 Å². The van der Waals surface area contributed by atoms with Crippen molar-refractivity contribution in [2.75, 3.05) is 13.2 Å². The predicted molar refractivity (Wildman–Crippen MR) is 35.2 cm³/mol. The van der Waals surface area contributed by atoms with E-state index in [4.69, 9.17) is 15.0 Å². The van der Waals surface area contributed by atoms with Gasteiger partial charge < -0.3 is 10.5 Å². The van der Waals surface area contributed by atoms with Gasteiger partial charge in [0.2, 0.25) is 0 Å². The molecule has 66 valence electrons. The summed E-state index contributed by atoms with van der Waals surface area (Å²) < 4.78 is 37.5. The molecule has 1 heterocycles. The largest absolute Gasteiger partial charge is 0.397 e. The molecule has 2 atom stereocenters. The van der Waals surface area contributed by atoms with Crippen molar-refractivity contribution in [3.05, 3.63) is 0 Å². The molecule has 0 amide bonds. The van der Waals surface area contributed by atoms with Gasteiger partial charge in [-0.05, 0) is 0 Å². The van der Waals surface area contributed by atoms with Gasteiger partial charge in [-0.3, -0.25) is 4.55 Å². The van der Waals surface area contributed by atoms with Crippen LogP contribution in [-0.4, -0.2) is 38.3 Å². The normalized spacial score (nSPS) is 32.5. The van der Waals surface area contributed by atoms with Crippen LogP contribution in [0, 0.1) is 0 Å². The summed E-state index contributed by atoms with van der Waals surface area (Å²) in [5, 5.41) is 0. The van der Waals surface area contributed by atoms with Crippen molar-refractivity contribution in [3.8, 4) is 0 Å². The number of ether oxygens (including phenoxy) is 1. The Hall–Kier alpha value is -0.210. The summed E-state index contributed by atoms with van der Waals surface area (Å²) >= 11 is 0. The van der Waals surface area contributed by atoms with E-state index in [1.54, 1.807) is 0 Å².